The number of hydrogen-bond acceptors (Lipinski definition) is 5. The maximum atomic E-state index is 12.0. The Hall–Kier alpha value is -3.54. The molecule has 6 nitrogen and oxygen atoms in total. The molecule has 0 saturated heterocycles. The fourth-order valence-corrected chi connectivity index (χ4v) is 2.71. The normalized spacial score (nSPS) is 10.7. The van der Waals surface area contributed by atoms with Crippen LogP contribution < -0.4 is 20.2 Å². The third kappa shape index (κ3) is 4.55. The molecule has 1 amide bonds. The van der Waals surface area contributed by atoms with Crippen molar-refractivity contribution in [3.63, 3.8) is 0 Å². The second-order valence-corrected chi connectivity index (χ2v) is 5.79. The van der Waals surface area contributed by atoms with E-state index in [2.05, 4.69) is 15.8 Å². The summed E-state index contributed by atoms with van der Waals surface area (Å²) in [5, 5.41) is 9.32. The van der Waals surface area contributed by atoms with Crippen molar-refractivity contribution in [1.82, 2.24) is 5.43 Å². The number of carbonyl (C=O) groups excluding carboxylic acids is 1. The lowest BCUT2D eigenvalue weighted by Gasteiger charge is -2.09. The van der Waals surface area contributed by atoms with Crippen molar-refractivity contribution >= 4 is 28.6 Å². The summed E-state index contributed by atoms with van der Waals surface area (Å²) in [7, 11) is 3.15. The molecule has 2 N–H and O–H groups in total. The molecule has 0 unspecified atom stereocenters. The molecule has 0 aliphatic heterocycles. The van der Waals surface area contributed by atoms with E-state index in [0.29, 0.717) is 11.5 Å². The van der Waals surface area contributed by atoms with Crippen molar-refractivity contribution in [1.29, 1.82) is 0 Å². The highest BCUT2D eigenvalue weighted by molar-refractivity contribution is 5.95. The van der Waals surface area contributed by atoms with Crippen molar-refractivity contribution in [2.75, 3.05) is 26.1 Å². The first-order valence-corrected chi connectivity index (χ1v) is 8.47. The van der Waals surface area contributed by atoms with Gasteiger partial charge in [0, 0.05) is 11.1 Å². The SMILES string of the molecule is COc1ccc(C=NNC(=O)CNc2cccc3ccccc23)cc1OC. The number of anilines is 1. The van der Waals surface area contributed by atoms with Crippen LogP contribution in [0.15, 0.2) is 65.8 Å². The minimum absolute atomic E-state index is 0.122. The third-order valence-electron chi connectivity index (χ3n) is 4.04. The van der Waals surface area contributed by atoms with Gasteiger partial charge in [-0.1, -0.05) is 36.4 Å². The van der Waals surface area contributed by atoms with Crippen molar-refractivity contribution in [3.8, 4) is 11.5 Å². The summed E-state index contributed by atoms with van der Waals surface area (Å²) in [6.45, 7) is 0.122. The Labute approximate surface area is 157 Å². The van der Waals surface area contributed by atoms with Gasteiger partial charge in [0.1, 0.15) is 0 Å². The van der Waals surface area contributed by atoms with Crippen LogP contribution in [-0.2, 0) is 4.79 Å². The zero-order chi connectivity index (χ0) is 19.1. The van der Waals surface area contributed by atoms with E-state index < -0.39 is 0 Å². The van der Waals surface area contributed by atoms with Crippen LogP contribution in [0.25, 0.3) is 10.8 Å². The van der Waals surface area contributed by atoms with Gasteiger partial charge in [-0.05, 0) is 35.2 Å². The van der Waals surface area contributed by atoms with E-state index in [1.807, 2.05) is 48.5 Å². The van der Waals surface area contributed by atoms with Crippen molar-refractivity contribution < 1.29 is 14.3 Å². The maximum absolute atomic E-state index is 12.0. The maximum Gasteiger partial charge on any atom is 0.259 e. The highest BCUT2D eigenvalue weighted by Gasteiger charge is 2.04. The van der Waals surface area contributed by atoms with E-state index in [4.69, 9.17) is 9.47 Å². The smallest absolute Gasteiger partial charge is 0.259 e. The summed E-state index contributed by atoms with van der Waals surface area (Å²) in [6.07, 6.45) is 1.55. The Bertz CT molecular complexity index is 965. The first-order chi connectivity index (χ1) is 13.2. The predicted molar refractivity (Wildman–Crippen MR) is 108 cm³/mol. The molecule has 0 radical (unpaired) electrons. The molecule has 0 aromatic heterocycles. The summed E-state index contributed by atoms with van der Waals surface area (Å²) < 4.78 is 10.4. The van der Waals surface area contributed by atoms with E-state index in [-0.39, 0.29) is 12.5 Å². The standard InChI is InChI=1S/C21H21N3O3/c1-26-19-11-10-15(12-20(19)27-2)13-23-24-21(25)14-22-18-9-5-7-16-6-3-4-8-17(16)18/h3-13,22H,14H2,1-2H3,(H,24,25). The molecule has 27 heavy (non-hydrogen) atoms. The zero-order valence-electron chi connectivity index (χ0n) is 15.2. The second-order valence-electron chi connectivity index (χ2n) is 5.79. The molecule has 3 rings (SSSR count). The van der Waals surface area contributed by atoms with Gasteiger partial charge < -0.3 is 14.8 Å². The molecule has 0 heterocycles. The fraction of sp³-hybridized carbons (Fsp3) is 0.143. The Morgan fingerprint density at radius 2 is 1.78 bits per heavy atom. The van der Waals surface area contributed by atoms with Gasteiger partial charge in [0.25, 0.3) is 5.91 Å². The summed E-state index contributed by atoms with van der Waals surface area (Å²) in [5.74, 6) is 1.00. The molecule has 0 saturated carbocycles. The molecule has 6 heteroatoms. The molecule has 138 valence electrons. The van der Waals surface area contributed by atoms with E-state index in [1.165, 1.54) is 0 Å². The number of methoxy groups -OCH3 is 2. The number of ether oxygens (including phenoxy) is 2. The lowest BCUT2D eigenvalue weighted by Crippen LogP contribution is -2.25. The average Bonchev–Trinajstić information content (AvgIpc) is 2.72. The number of nitrogens with one attached hydrogen (secondary N) is 2. The average molecular weight is 363 g/mol. The highest BCUT2D eigenvalue weighted by Crippen LogP contribution is 2.26. The quantitative estimate of drug-likeness (QED) is 0.498. The number of benzene rings is 3. The molecule has 0 aliphatic carbocycles. The summed E-state index contributed by atoms with van der Waals surface area (Å²) in [6, 6.07) is 19.3. The lowest BCUT2D eigenvalue weighted by atomic mass is 10.1. The zero-order valence-corrected chi connectivity index (χ0v) is 15.2. The number of amides is 1. The number of rotatable bonds is 7. The van der Waals surface area contributed by atoms with E-state index in [0.717, 1.165) is 22.0 Å². The Balaban J connectivity index is 1.57. The molecular formula is C21H21N3O3. The van der Waals surface area contributed by atoms with Crippen LogP contribution in [0.1, 0.15) is 5.56 Å². The third-order valence-corrected chi connectivity index (χ3v) is 4.04. The van der Waals surface area contributed by atoms with E-state index in [1.54, 1.807) is 32.6 Å². The van der Waals surface area contributed by atoms with E-state index >= 15 is 0 Å². The first kappa shape index (κ1) is 18.3. The molecule has 3 aromatic carbocycles. The second kappa shape index (κ2) is 8.71. The highest BCUT2D eigenvalue weighted by atomic mass is 16.5. The number of fused-ring (bicyclic) bond motifs is 1. The number of hydrazone groups is 1. The molecule has 0 fully saturated rings. The van der Waals surface area contributed by atoms with Crippen LogP contribution in [0.2, 0.25) is 0 Å². The number of carbonyl (C=O) groups is 1. The van der Waals surface area contributed by atoms with Gasteiger partial charge in [-0.2, -0.15) is 5.10 Å². The minimum atomic E-state index is -0.236. The first-order valence-electron chi connectivity index (χ1n) is 8.47. The van der Waals surface area contributed by atoms with Crippen molar-refractivity contribution in [2.45, 2.75) is 0 Å². The Morgan fingerprint density at radius 1 is 1.00 bits per heavy atom. The number of nitrogens with zero attached hydrogens (tertiary/aromatic N) is 1. The minimum Gasteiger partial charge on any atom is -0.493 e. The number of hydrogen-bond donors (Lipinski definition) is 2. The van der Waals surface area contributed by atoms with Gasteiger partial charge in [0.05, 0.1) is 27.0 Å². The van der Waals surface area contributed by atoms with Gasteiger partial charge in [0.2, 0.25) is 0 Å². The Morgan fingerprint density at radius 3 is 2.59 bits per heavy atom. The lowest BCUT2D eigenvalue weighted by molar-refractivity contribution is -0.119. The fourth-order valence-electron chi connectivity index (χ4n) is 2.71. The monoisotopic (exact) mass is 363 g/mol. The van der Waals surface area contributed by atoms with Crippen LogP contribution in [-0.4, -0.2) is 32.9 Å². The predicted octanol–water partition coefficient (Wildman–Crippen LogP) is 3.42. The van der Waals surface area contributed by atoms with Crippen molar-refractivity contribution in [3.05, 3.63) is 66.2 Å². The van der Waals surface area contributed by atoms with Gasteiger partial charge in [-0.3, -0.25) is 4.79 Å². The van der Waals surface area contributed by atoms with Crippen LogP contribution in [0.5, 0.6) is 11.5 Å². The molecule has 3 aromatic rings. The summed E-state index contributed by atoms with van der Waals surface area (Å²) >= 11 is 0. The largest absolute Gasteiger partial charge is 0.493 e. The topological polar surface area (TPSA) is 72.0 Å². The van der Waals surface area contributed by atoms with Crippen LogP contribution in [0, 0.1) is 0 Å². The van der Waals surface area contributed by atoms with Crippen LogP contribution >= 0.6 is 0 Å². The summed E-state index contributed by atoms with van der Waals surface area (Å²) in [4.78, 5) is 12.0. The molecular weight excluding hydrogens is 342 g/mol. The van der Waals surface area contributed by atoms with E-state index in [9.17, 15) is 4.79 Å². The van der Waals surface area contributed by atoms with Gasteiger partial charge in [0.15, 0.2) is 11.5 Å². The Kier molecular flexibility index (Phi) is 5.89. The van der Waals surface area contributed by atoms with Crippen molar-refractivity contribution in [2.24, 2.45) is 5.10 Å². The molecule has 0 bridgehead atoms. The van der Waals surface area contributed by atoms with Gasteiger partial charge in [-0.25, -0.2) is 5.43 Å². The van der Waals surface area contributed by atoms with Crippen LogP contribution in [0.3, 0.4) is 0 Å². The molecule has 0 aliphatic rings. The summed E-state index contributed by atoms with van der Waals surface area (Å²) in [5.41, 5.74) is 4.21. The van der Waals surface area contributed by atoms with Gasteiger partial charge in [-0.15, -0.1) is 0 Å². The van der Waals surface area contributed by atoms with Crippen LogP contribution in [0.4, 0.5) is 5.69 Å². The molecule has 0 atom stereocenters. The molecule has 0 spiro atoms. The van der Waals surface area contributed by atoms with Gasteiger partial charge >= 0.3 is 0 Å².